The summed E-state index contributed by atoms with van der Waals surface area (Å²) in [6, 6.07) is 25.8. The molecule has 0 aliphatic rings. The quantitative estimate of drug-likeness (QED) is 0.208. The lowest BCUT2D eigenvalue weighted by atomic mass is 9.93. The predicted octanol–water partition coefficient (Wildman–Crippen LogP) is 5.66. The van der Waals surface area contributed by atoms with E-state index < -0.39 is 14.6 Å². The van der Waals surface area contributed by atoms with Gasteiger partial charge in [-0.3, -0.25) is 9.78 Å². The number of amides is 1. The lowest BCUT2D eigenvalue weighted by Gasteiger charge is -2.24. The lowest BCUT2D eigenvalue weighted by Crippen LogP contribution is -2.28. The number of hydrogen-bond donors (Lipinski definition) is 1. The van der Waals surface area contributed by atoms with Crippen LogP contribution in [0.5, 0.6) is 0 Å². The van der Waals surface area contributed by atoms with Crippen molar-refractivity contribution in [2.45, 2.75) is 25.0 Å². The monoisotopic (exact) mass is 551 g/mol. The van der Waals surface area contributed by atoms with Crippen LogP contribution in [0.15, 0.2) is 104 Å². The highest BCUT2D eigenvalue weighted by Crippen LogP contribution is 2.36. The molecule has 202 valence electrons. The molecule has 2 heterocycles. The minimum absolute atomic E-state index is 0.262. The highest BCUT2D eigenvalue weighted by atomic mass is 32.2. The molecule has 0 aliphatic heterocycles. The van der Waals surface area contributed by atoms with Crippen LogP contribution in [0.3, 0.4) is 0 Å². The summed E-state index contributed by atoms with van der Waals surface area (Å²) >= 11 is 0. The van der Waals surface area contributed by atoms with Crippen LogP contribution in [0, 0.1) is 5.21 Å². The molecule has 0 atom stereocenters. The third kappa shape index (κ3) is 5.58. The van der Waals surface area contributed by atoms with E-state index >= 15 is 0 Å². The Morgan fingerprint density at radius 1 is 0.925 bits per heavy atom. The van der Waals surface area contributed by atoms with E-state index in [4.69, 9.17) is 0 Å². The number of aromatic nitrogens is 2. The molecule has 0 saturated carbocycles. The van der Waals surface area contributed by atoms with Crippen LogP contribution in [0.25, 0.3) is 22.0 Å². The minimum atomic E-state index is -3.40. The van der Waals surface area contributed by atoms with E-state index in [9.17, 15) is 18.4 Å². The average molecular weight is 552 g/mol. The van der Waals surface area contributed by atoms with Crippen molar-refractivity contribution >= 4 is 32.3 Å². The zero-order chi connectivity index (χ0) is 28.5. The number of sulfone groups is 1. The second-order valence-electron chi connectivity index (χ2n) is 10.4. The van der Waals surface area contributed by atoms with Crippen LogP contribution in [-0.2, 0) is 21.0 Å². The first-order chi connectivity index (χ1) is 19.0. The molecule has 1 N–H and O–H groups in total. The second kappa shape index (κ2) is 10.5. The van der Waals surface area contributed by atoms with Crippen molar-refractivity contribution in [3.8, 4) is 11.1 Å². The zero-order valence-electron chi connectivity index (χ0n) is 22.5. The van der Waals surface area contributed by atoms with Crippen LogP contribution in [0.2, 0.25) is 0 Å². The maximum Gasteiger partial charge on any atom is 0.255 e. The van der Waals surface area contributed by atoms with E-state index in [1.165, 1.54) is 18.6 Å². The van der Waals surface area contributed by atoms with Crippen molar-refractivity contribution in [1.82, 2.24) is 4.98 Å². The van der Waals surface area contributed by atoms with Gasteiger partial charge in [0.1, 0.15) is 0 Å². The Morgan fingerprint density at radius 3 is 2.33 bits per heavy atom. The summed E-state index contributed by atoms with van der Waals surface area (Å²) in [5, 5.41) is 15.0. The molecule has 40 heavy (non-hydrogen) atoms. The number of hydrogen-bond acceptors (Lipinski definition) is 5. The standard InChI is InChI=1S/C32H29N3O4S/c1-32(2,40(3,38)39)27-20-25-8-5-15-33-30(25)29(21-27)24-6-4-7-26(19-24)31(36)34-28-11-9-22(10-12-28)18-23-13-16-35(37)17-14-23/h4-17,19-21H,18H2,1-3H3,(H,34,36). The number of anilines is 1. The largest absolute Gasteiger partial charge is 0.619 e. The van der Waals surface area contributed by atoms with Gasteiger partial charge >= 0.3 is 0 Å². The Bertz CT molecular complexity index is 1810. The molecule has 1 amide bonds. The summed E-state index contributed by atoms with van der Waals surface area (Å²) in [5.74, 6) is -0.262. The van der Waals surface area contributed by atoms with E-state index in [-0.39, 0.29) is 5.91 Å². The number of pyridine rings is 2. The van der Waals surface area contributed by atoms with E-state index in [0.717, 1.165) is 37.9 Å². The number of fused-ring (bicyclic) bond motifs is 1. The number of nitrogens with zero attached hydrogens (tertiary/aromatic N) is 2. The van der Waals surface area contributed by atoms with E-state index in [1.54, 1.807) is 44.3 Å². The van der Waals surface area contributed by atoms with Gasteiger partial charge in [-0.1, -0.05) is 30.3 Å². The third-order valence-corrected chi connectivity index (χ3v) is 9.34. The Labute approximate surface area is 233 Å². The first-order valence-corrected chi connectivity index (χ1v) is 14.7. The number of nitrogens with one attached hydrogen (secondary N) is 1. The van der Waals surface area contributed by atoms with Crippen LogP contribution in [0.1, 0.15) is 40.9 Å². The van der Waals surface area contributed by atoms with Gasteiger partial charge in [0.2, 0.25) is 0 Å². The Kier molecular flexibility index (Phi) is 7.12. The Balaban J connectivity index is 1.42. The fourth-order valence-corrected chi connectivity index (χ4v) is 5.05. The average Bonchev–Trinajstić information content (AvgIpc) is 2.94. The molecular formula is C32H29N3O4S. The first-order valence-electron chi connectivity index (χ1n) is 12.8. The zero-order valence-corrected chi connectivity index (χ0v) is 23.3. The molecular weight excluding hydrogens is 522 g/mol. The van der Waals surface area contributed by atoms with Crippen LogP contribution in [-0.4, -0.2) is 25.6 Å². The van der Waals surface area contributed by atoms with Crippen molar-refractivity contribution in [2.24, 2.45) is 0 Å². The molecule has 0 unspecified atom stereocenters. The number of rotatable bonds is 7. The van der Waals surface area contributed by atoms with Gasteiger partial charge in [-0.15, -0.1) is 0 Å². The van der Waals surface area contributed by atoms with E-state index in [0.29, 0.717) is 23.2 Å². The van der Waals surface area contributed by atoms with Crippen LogP contribution < -0.4 is 10.0 Å². The molecule has 0 spiro atoms. The fourth-order valence-electron chi connectivity index (χ4n) is 4.51. The van der Waals surface area contributed by atoms with Gasteiger partial charge in [0.25, 0.3) is 5.91 Å². The van der Waals surface area contributed by atoms with Crippen LogP contribution >= 0.6 is 0 Å². The highest BCUT2D eigenvalue weighted by molar-refractivity contribution is 7.91. The van der Waals surface area contributed by atoms with Gasteiger partial charge in [0.05, 0.1) is 10.3 Å². The van der Waals surface area contributed by atoms with Gasteiger partial charge in [0.15, 0.2) is 22.2 Å². The summed E-state index contributed by atoms with van der Waals surface area (Å²) in [6.45, 7) is 3.39. The van der Waals surface area contributed by atoms with Crippen molar-refractivity contribution in [2.75, 3.05) is 11.6 Å². The Hall–Kier alpha value is -4.56. The normalized spacial score (nSPS) is 11.9. The number of carbonyl (C=O) groups is 1. The van der Waals surface area contributed by atoms with Crippen LogP contribution in [0.4, 0.5) is 5.69 Å². The van der Waals surface area contributed by atoms with Gasteiger partial charge in [-0.05, 0) is 85.0 Å². The van der Waals surface area contributed by atoms with Crippen molar-refractivity contribution < 1.29 is 17.9 Å². The van der Waals surface area contributed by atoms with Crippen molar-refractivity contribution in [3.63, 3.8) is 0 Å². The first kappa shape index (κ1) is 27.0. The number of benzene rings is 3. The Morgan fingerprint density at radius 2 is 1.62 bits per heavy atom. The maximum absolute atomic E-state index is 13.2. The van der Waals surface area contributed by atoms with Gasteiger partial charge < -0.3 is 10.5 Å². The third-order valence-electron chi connectivity index (χ3n) is 7.25. The summed E-state index contributed by atoms with van der Waals surface area (Å²) in [7, 11) is -3.40. The topological polar surface area (TPSA) is 103 Å². The van der Waals surface area contributed by atoms with E-state index in [1.807, 2.05) is 60.7 Å². The van der Waals surface area contributed by atoms with Crippen molar-refractivity contribution in [1.29, 1.82) is 0 Å². The van der Waals surface area contributed by atoms with E-state index in [2.05, 4.69) is 10.3 Å². The highest BCUT2D eigenvalue weighted by Gasteiger charge is 2.33. The molecule has 0 radical (unpaired) electrons. The molecule has 5 rings (SSSR count). The predicted molar refractivity (Wildman–Crippen MR) is 158 cm³/mol. The SMILES string of the molecule is CC(C)(c1cc(-c2cccc(C(=O)Nc3ccc(Cc4cc[n+]([O-])cc4)cc3)c2)c2ncccc2c1)S(C)(=O)=O. The summed E-state index contributed by atoms with van der Waals surface area (Å²) in [5.41, 5.74) is 6.11. The second-order valence-corrected chi connectivity index (χ2v) is 12.9. The smallest absolute Gasteiger partial charge is 0.255 e. The minimum Gasteiger partial charge on any atom is -0.619 e. The molecule has 5 aromatic rings. The molecule has 8 heteroatoms. The van der Waals surface area contributed by atoms with Gasteiger partial charge in [0, 0.05) is 46.8 Å². The maximum atomic E-state index is 13.2. The molecule has 0 fully saturated rings. The summed E-state index contributed by atoms with van der Waals surface area (Å²) < 4.78 is 24.8. The lowest BCUT2D eigenvalue weighted by molar-refractivity contribution is -0.605. The molecule has 0 bridgehead atoms. The fraction of sp³-hybridized carbons (Fsp3) is 0.156. The number of carbonyl (C=O) groups excluding carboxylic acids is 1. The summed E-state index contributed by atoms with van der Waals surface area (Å²) in [4.78, 5) is 17.7. The van der Waals surface area contributed by atoms with Gasteiger partial charge in [-0.25, -0.2) is 8.42 Å². The molecule has 3 aromatic carbocycles. The van der Waals surface area contributed by atoms with Crippen molar-refractivity contribution in [3.05, 3.63) is 131 Å². The molecule has 2 aromatic heterocycles. The van der Waals surface area contributed by atoms with Gasteiger partial charge in [-0.2, -0.15) is 4.73 Å². The molecule has 0 saturated heterocycles. The molecule has 0 aliphatic carbocycles. The summed E-state index contributed by atoms with van der Waals surface area (Å²) in [6.07, 6.45) is 6.56. The molecule has 7 nitrogen and oxygen atoms in total.